The molecule has 2 aromatic rings. The molecule has 1 saturated carbocycles. The fourth-order valence-corrected chi connectivity index (χ4v) is 6.43. The standard InChI is InChI=1S/C18H19Cl2NO3S/c1-24-11-18(10-21)16(12-3-2-4-14(20)9-12)17(18)25(22,23)15-7-5-13(19)6-8-15/h2-9,16-17H,10-11,21H2,1H3/t16-,17-,18+/m0/s1. The smallest absolute Gasteiger partial charge is 0.182 e. The van der Waals surface area contributed by atoms with E-state index in [1.54, 1.807) is 31.4 Å². The van der Waals surface area contributed by atoms with Crippen molar-refractivity contribution in [2.75, 3.05) is 20.3 Å². The summed E-state index contributed by atoms with van der Waals surface area (Å²) in [6.45, 7) is 0.466. The van der Waals surface area contributed by atoms with Crippen molar-refractivity contribution in [3.05, 3.63) is 64.1 Å². The van der Waals surface area contributed by atoms with E-state index in [0.29, 0.717) is 10.0 Å². The van der Waals surface area contributed by atoms with E-state index in [9.17, 15) is 8.42 Å². The zero-order valence-electron chi connectivity index (χ0n) is 13.7. The number of sulfone groups is 1. The maximum atomic E-state index is 13.2. The second kappa shape index (κ2) is 6.89. The van der Waals surface area contributed by atoms with Crippen molar-refractivity contribution in [3.8, 4) is 0 Å². The average molecular weight is 400 g/mol. The predicted molar refractivity (Wildman–Crippen MR) is 100.0 cm³/mol. The molecule has 25 heavy (non-hydrogen) atoms. The molecule has 134 valence electrons. The van der Waals surface area contributed by atoms with Gasteiger partial charge in [0.1, 0.15) is 0 Å². The number of nitrogens with two attached hydrogens (primary N) is 1. The number of ether oxygens (including phenoxy) is 1. The number of halogens is 2. The van der Waals surface area contributed by atoms with Gasteiger partial charge in [0.15, 0.2) is 9.84 Å². The van der Waals surface area contributed by atoms with Gasteiger partial charge in [-0.2, -0.15) is 0 Å². The number of hydrogen-bond donors (Lipinski definition) is 1. The number of benzene rings is 2. The SMILES string of the molecule is COC[C@]1(CN)[C@@H](c2cccc(Cl)c2)[C@@H]1S(=O)(=O)c1ccc(Cl)cc1. The van der Waals surface area contributed by atoms with Gasteiger partial charge in [0, 0.05) is 35.0 Å². The van der Waals surface area contributed by atoms with E-state index in [1.807, 2.05) is 12.1 Å². The van der Waals surface area contributed by atoms with Gasteiger partial charge in [-0.3, -0.25) is 0 Å². The van der Waals surface area contributed by atoms with Crippen LogP contribution in [0.25, 0.3) is 0 Å². The molecule has 0 spiro atoms. The van der Waals surface area contributed by atoms with E-state index in [2.05, 4.69) is 0 Å². The van der Waals surface area contributed by atoms with Gasteiger partial charge >= 0.3 is 0 Å². The highest BCUT2D eigenvalue weighted by Crippen LogP contribution is 2.63. The Balaban J connectivity index is 2.07. The van der Waals surface area contributed by atoms with Gasteiger partial charge in [0.2, 0.25) is 0 Å². The van der Waals surface area contributed by atoms with E-state index in [4.69, 9.17) is 33.7 Å². The summed E-state index contributed by atoms with van der Waals surface area (Å²) in [5, 5.41) is 0.392. The molecule has 0 heterocycles. The summed E-state index contributed by atoms with van der Waals surface area (Å²) in [5.41, 5.74) is 6.20. The van der Waals surface area contributed by atoms with Crippen molar-refractivity contribution >= 4 is 33.0 Å². The van der Waals surface area contributed by atoms with Crippen molar-refractivity contribution in [2.45, 2.75) is 16.1 Å². The quantitative estimate of drug-likeness (QED) is 0.806. The number of rotatable bonds is 6. The number of hydrogen-bond acceptors (Lipinski definition) is 4. The minimum absolute atomic E-state index is 0.204. The Labute approximate surface area is 157 Å². The van der Waals surface area contributed by atoms with Gasteiger partial charge in [0.25, 0.3) is 0 Å². The van der Waals surface area contributed by atoms with Gasteiger partial charge in [-0.15, -0.1) is 0 Å². The molecule has 0 unspecified atom stereocenters. The van der Waals surface area contributed by atoms with E-state index < -0.39 is 20.5 Å². The first-order valence-electron chi connectivity index (χ1n) is 7.81. The van der Waals surface area contributed by atoms with E-state index in [1.165, 1.54) is 12.1 Å². The Morgan fingerprint density at radius 3 is 2.36 bits per heavy atom. The Morgan fingerprint density at radius 2 is 1.80 bits per heavy atom. The molecule has 0 amide bonds. The topological polar surface area (TPSA) is 69.4 Å². The lowest BCUT2D eigenvalue weighted by Gasteiger charge is -2.15. The zero-order valence-corrected chi connectivity index (χ0v) is 16.0. The van der Waals surface area contributed by atoms with Gasteiger partial charge in [-0.05, 0) is 42.0 Å². The molecule has 1 aliphatic rings. The molecule has 0 aliphatic heterocycles. The Morgan fingerprint density at radius 1 is 1.12 bits per heavy atom. The van der Waals surface area contributed by atoms with E-state index in [-0.39, 0.29) is 24.0 Å². The summed E-state index contributed by atoms with van der Waals surface area (Å²) in [7, 11) is -2.04. The maximum absolute atomic E-state index is 13.2. The molecule has 0 bridgehead atoms. The summed E-state index contributed by atoms with van der Waals surface area (Å²) in [6.07, 6.45) is 0. The molecule has 0 radical (unpaired) electrons. The lowest BCUT2D eigenvalue weighted by atomic mass is 10.00. The third-order valence-electron chi connectivity index (χ3n) is 4.86. The van der Waals surface area contributed by atoms with Crippen LogP contribution < -0.4 is 5.73 Å². The molecule has 2 aromatic carbocycles. The molecule has 1 aliphatic carbocycles. The van der Waals surface area contributed by atoms with E-state index in [0.717, 1.165) is 5.56 Å². The summed E-state index contributed by atoms with van der Waals surface area (Å²) in [5.74, 6) is -0.267. The molecule has 7 heteroatoms. The summed E-state index contributed by atoms with van der Waals surface area (Å²) >= 11 is 12.0. The highest BCUT2D eigenvalue weighted by Gasteiger charge is 2.70. The van der Waals surface area contributed by atoms with Crippen LogP contribution in [-0.2, 0) is 14.6 Å². The first kappa shape index (κ1) is 18.7. The molecular formula is C18H19Cl2NO3S. The normalized spacial score (nSPS) is 25.8. The Bertz CT molecular complexity index is 870. The van der Waals surface area contributed by atoms with Crippen molar-refractivity contribution in [1.82, 2.24) is 0 Å². The van der Waals surface area contributed by atoms with Gasteiger partial charge in [-0.1, -0.05) is 35.3 Å². The average Bonchev–Trinajstić information content (AvgIpc) is 3.26. The predicted octanol–water partition coefficient (Wildman–Crippen LogP) is 3.52. The van der Waals surface area contributed by atoms with Crippen molar-refractivity contribution in [1.29, 1.82) is 0 Å². The monoisotopic (exact) mass is 399 g/mol. The largest absolute Gasteiger partial charge is 0.384 e. The Hall–Kier alpha value is -1.11. The van der Waals surface area contributed by atoms with E-state index >= 15 is 0 Å². The molecule has 2 N–H and O–H groups in total. The fraction of sp³-hybridized carbons (Fsp3) is 0.333. The van der Waals surface area contributed by atoms with Crippen LogP contribution >= 0.6 is 23.2 Å². The second-order valence-electron chi connectivity index (χ2n) is 6.32. The van der Waals surface area contributed by atoms with Crippen LogP contribution in [0.1, 0.15) is 11.5 Å². The summed E-state index contributed by atoms with van der Waals surface area (Å²) in [6, 6.07) is 13.5. The lowest BCUT2D eigenvalue weighted by molar-refractivity contribution is 0.142. The Kier molecular flexibility index (Phi) is 5.15. The van der Waals surface area contributed by atoms with Crippen LogP contribution in [0.4, 0.5) is 0 Å². The molecule has 0 saturated heterocycles. The summed E-state index contributed by atoms with van der Waals surface area (Å²) < 4.78 is 31.8. The third kappa shape index (κ3) is 3.20. The lowest BCUT2D eigenvalue weighted by Crippen LogP contribution is -2.28. The third-order valence-corrected chi connectivity index (χ3v) is 7.68. The summed E-state index contributed by atoms with van der Waals surface area (Å²) in [4.78, 5) is 0.236. The molecular weight excluding hydrogens is 381 g/mol. The maximum Gasteiger partial charge on any atom is 0.182 e. The minimum atomic E-state index is -3.60. The van der Waals surface area contributed by atoms with Crippen LogP contribution in [0.15, 0.2) is 53.4 Å². The van der Waals surface area contributed by atoms with Crippen molar-refractivity contribution in [3.63, 3.8) is 0 Å². The van der Waals surface area contributed by atoms with Crippen LogP contribution in [0.2, 0.25) is 10.0 Å². The van der Waals surface area contributed by atoms with Crippen LogP contribution in [0.3, 0.4) is 0 Å². The second-order valence-corrected chi connectivity index (χ2v) is 9.26. The van der Waals surface area contributed by atoms with Crippen LogP contribution in [-0.4, -0.2) is 33.9 Å². The van der Waals surface area contributed by atoms with Crippen LogP contribution in [0, 0.1) is 5.41 Å². The van der Waals surface area contributed by atoms with Crippen molar-refractivity contribution < 1.29 is 13.2 Å². The molecule has 3 atom stereocenters. The van der Waals surface area contributed by atoms with Crippen LogP contribution in [0.5, 0.6) is 0 Å². The molecule has 0 aromatic heterocycles. The minimum Gasteiger partial charge on any atom is -0.384 e. The fourth-order valence-electron chi connectivity index (χ4n) is 3.66. The van der Waals surface area contributed by atoms with Gasteiger partial charge in [-0.25, -0.2) is 8.42 Å². The highest BCUT2D eigenvalue weighted by molar-refractivity contribution is 7.92. The number of methoxy groups -OCH3 is 1. The zero-order chi connectivity index (χ0) is 18.2. The van der Waals surface area contributed by atoms with Crippen molar-refractivity contribution in [2.24, 2.45) is 11.1 Å². The van der Waals surface area contributed by atoms with Gasteiger partial charge in [0.05, 0.1) is 16.8 Å². The molecule has 4 nitrogen and oxygen atoms in total. The first-order valence-corrected chi connectivity index (χ1v) is 10.1. The molecule has 1 fully saturated rings. The highest BCUT2D eigenvalue weighted by atomic mass is 35.5. The molecule has 3 rings (SSSR count). The van der Waals surface area contributed by atoms with Gasteiger partial charge < -0.3 is 10.5 Å². The first-order chi connectivity index (χ1) is 11.9.